The second-order valence-corrected chi connectivity index (χ2v) is 21.6. The number of rotatable bonds is 15. The van der Waals surface area contributed by atoms with Crippen molar-refractivity contribution in [2.75, 3.05) is 13.6 Å². The molecule has 3 saturated carbocycles. The van der Waals surface area contributed by atoms with E-state index in [-0.39, 0.29) is 47.7 Å². The van der Waals surface area contributed by atoms with Crippen LogP contribution < -0.4 is 27.0 Å². The number of phenolic OH excluding ortho intramolecular Hbond substituents is 1. The van der Waals surface area contributed by atoms with Crippen molar-refractivity contribution in [3.63, 3.8) is 0 Å². The van der Waals surface area contributed by atoms with E-state index in [1.807, 2.05) is 19.1 Å². The molecule has 1 saturated heterocycles. The third-order valence-corrected chi connectivity index (χ3v) is 16.3. The molecule has 10 atom stereocenters. The summed E-state index contributed by atoms with van der Waals surface area (Å²) in [5, 5.41) is 34.3. The van der Waals surface area contributed by atoms with E-state index in [1.165, 1.54) is 36.6 Å². The number of aryl methyl sites for hydroxylation is 1. The van der Waals surface area contributed by atoms with Crippen LogP contribution >= 0.6 is 0 Å². The van der Waals surface area contributed by atoms with Crippen LogP contribution in [0.25, 0.3) is 16.7 Å². The van der Waals surface area contributed by atoms with Crippen molar-refractivity contribution in [2.24, 2.45) is 23.0 Å². The highest BCUT2D eigenvalue weighted by Crippen LogP contribution is 2.65. The number of hydrogen-bond donors (Lipinski definition) is 7. The van der Waals surface area contributed by atoms with Crippen LogP contribution in [-0.2, 0) is 34.9 Å². The van der Waals surface area contributed by atoms with Gasteiger partial charge in [-0.15, -0.1) is 0 Å². The number of hydrogen-bond acceptors (Lipinski definition) is 10. The molecule has 2 heterocycles. The molecule has 72 heavy (non-hydrogen) atoms. The Morgan fingerprint density at radius 3 is 2.33 bits per heavy atom. The minimum absolute atomic E-state index is 0.0283. The fraction of sp³-hybridized carbons (Fsp3) is 0.518. The maximum Gasteiger partial charge on any atom is 0.481 e. The second-order valence-electron chi connectivity index (χ2n) is 21.6. The SMILES string of the molecule is CCCCc1ccc(-c2ccc(C(=O)N[C@@H](CCCCN)C(=O)N(C)[C@@H]3C(=O)N[C@@H](C)C(=O)N[C@H](C(=O)N[C@@H](C)B4O[C@@H]5C[C@@H]6C[C@@H](C6(C)C)[C@]5(C)O4)CC4=CCC(O)C(=C4)c4cc3ccc4O)cc2)cc1. The minimum atomic E-state index is -1.39. The molecule has 6 aliphatic rings. The molecule has 6 bridgehead atoms. The van der Waals surface area contributed by atoms with Crippen LogP contribution in [0.4, 0.5) is 0 Å². The maximum absolute atomic E-state index is 14.8. The minimum Gasteiger partial charge on any atom is -0.507 e. The fourth-order valence-corrected chi connectivity index (χ4v) is 11.7. The third kappa shape index (κ3) is 10.8. The van der Waals surface area contributed by atoms with Crippen molar-refractivity contribution in [3.8, 4) is 16.9 Å². The fourth-order valence-electron chi connectivity index (χ4n) is 11.7. The van der Waals surface area contributed by atoms with E-state index < -0.39 is 78.5 Å². The normalized spacial score (nSPS) is 27.3. The van der Waals surface area contributed by atoms with Gasteiger partial charge in [0.05, 0.1) is 23.8 Å². The first-order valence-corrected chi connectivity index (χ1v) is 26.0. The smallest absolute Gasteiger partial charge is 0.481 e. The highest BCUT2D eigenvalue weighted by Gasteiger charge is 2.68. The molecule has 384 valence electrons. The van der Waals surface area contributed by atoms with E-state index in [1.54, 1.807) is 30.4 Å². The Kier molecular flexibility index (Phi) is 15.8. The van der Waals surface area contributed by atoms with Gasteiger partial charge in [-0.3, -0.25) is 24.0 Å². The number of aliphatic hydroxyl groups is 1. The number of amides is 5. The number of nitrogens with zero attached hydrogens (tertiary/aromatic N) is 1. The first-order valence-electron chi connectivity index (χ1n) is 26.0. The Labute approximate surface area is 424 Å². The number of aromatic hydroxyl groups is 1. The lowest BCUT2D eigenvalue weighted by atomic mass is 9.43. The Balaban J connectivity index is 1.02. The third-order valence-electron chi connectivity index (χ3n) is 16.3. The summed E-state index contributed by atoms with van der Waals surface area (Å²) in [5.74, 6) is -2.83. The second kappa shape index (κ2) is 21.7. The van der Waals surface area contributed by atoms with Gasteiger partial charge in [0.25, 0.3) is 5.91 Å². The number of carbonyl (C=O) groups is 5. The average Bonchev–Trinajstić information content (AvgIpc) is 3.73. The van der Waals surface area contributed by atoms with Crippen molar-refractivity contribution >= 4 is 42.2 Å². The molecule has 5 amide bonds. The van der Waals surface area contributed by atoms with Crippen LogP contribution in [0.15, 0.2) is 84.5 Å². The number of aliphatic hydroxyl groups excluding tert-OH is 1. The Hall–Kier alpha value is -5.81. The number of allylic oxidation sites excluding steroid dienone is 1. The topological polar surface area (TPSA) is 222 Å². The average molecular weight is 985 g/mol. The summed E-state index contributed by atoms with van der Waals surface area (Å²) in [6.45, 7) is 12.5. The number of carbonyl (C=O) groups excluding carboxylic acids is 5. The Morgan fingerprint density at radius 2 is 1.65 bits per heavy atom. The van der Waals surface area contributed by atoms with Gasteiger partial charge in [0.15, 0.2) is 0 Å². The monoisotopic (exact) mass is 985 g/mol. The van der Waals surface area contributed by atoms with Crippen molar-refractivity contribution < 1.29 is 43.5 Å². The molecule has 2 aliphatic heterocycles. The van der Waals surface area contributed by atoms with Crippen molar-refractivity contribution in [2.45, 2.75) is 154 Å². The molecule has 4 aliphatic carbocycles. The van der Waals surface area contributed by atoms with Crippen LogP contribution in [0.1, 0.15) is 132 Å². The van der Waals surface area contributed by atoms with Gasteiger partial charge >= 0.3 is 7.12 Å². The van der Waals surface area contributed by atoms with E-state index in [9.17, 15) is 34.2 Å². The molecule has 1 unspecified atom stereocenters. The van der Waals surface area contributed by atoms with Crippen molar-refractivity contribution in [3.05, 3.63) is 107 Å². The van der Waals surface area contributed by atoms with Gasteiger partial charge in [-0.05, 0) is 154 Å². The highest BCUT2D eigenvalue weighted by atomic mass is 16.7. The summed E-state index contributed by atoms with van der Waals surface area (Å²) in [6.07, 6.45) is 9.01. The summed E-state index contributed by atoms with van der Waals surface area (Å²) in [5.41, 5.74) is 10.5. The zero-order valence-corrected chi connectivity index (χ0v) is 42.8. The summed E-state index contributed by atoms with van der Waals surface area (Å²) < 4.78 is 13.1. The number of benzene rings is 3. The van der Waals surface area contributed by atoms with Crippen LogP contribution in [-0.4, -0.2) is 107 Å². The molecule has 3 aromatic rings. The lowest BCUT2D eigenvalue weighted by Gasteiger charge is -2.64. The largest absolute Gasteiger partial charge is 0.507 e. The predicted octanol–water partition coefficient (Wildman–Crippen LogP) is 6.07. The maximum atomic E-state index is 14.8. The van der Waals surface area contributed by atoms with Gasteiger partial charge in [0, 0.05) is 24.6 Å². The quantitative estimate of drug-likeness (QED) is 0.0689. The van der Waals surface area contributed by atoms with Crippen LogP contribution in [0.5, 0.6) is 5.75 Å². The van der Waals surface area contributed by atoms with Crippen molar-refractivity contribution in [1.29, 1.82) is 0 Å². The van der Waals surface area contributed by atoms with Gasteiger partial charge in [-0.2, -0.15) is 0 Å². The number of fused-ring (bicyclic) bond motifs is 4. The zero-order chi connectivity index (χ0) is 51.6. The molecule has 4 fully saturated rings. The van der Waals surface area contributed by atoms with Gasteiger partial charge < -0.3 is 51.4 Å². The molecular formula is C56H73BN6O9. The van der Waals surface area contributed by atoms with E-state index in [0.717, 1.165) is 43.2 Å². The molecule has 16 heteroatoms. The highest BCUT2D eigenvalue weighted by molar-refractivity contribution is 6.47. The number of nitrogens with one attached hydrogen (secondary N) is 4. The lowest BCUT2D eigenvalue weighted by Crippen LogP contribution is -2.65. The first-order chi connectivity index (χ1) is 34.3. The molecular weight excluding hydrogens is 911 g/mol. The van der Waals surface area contributed by atoms with E-state index in [2.05, 4.69) is 73.2 Å². The molecule has 15 nitrogen and oxygen atoms in total. The molecule has 9 rings (SSSR count). The van der Waals surface area contributed by atoms with Gasteiger partial charge in [-0.25, -0.2) is 0 Å². The molecule has 0 radical (unpaired) electrons. The van der Waals surface area contributed by atoms with Crippen molar-refractivity contribution in [1.82, 2.24) is 26.2 Å². The predicted molar refractivity (Wildman–Crippen MR) is 277 cm³/mol. The van der Waals surface area contributed by atoms with Gasteiger partial charge in [-0.1, -0.05) is 81.8 Å². The summed E-state index contributed by atoms with van der Waals surface area (Å²) in [6, 6.07) is 15.2. The van der Waals surface area contributed by atoms with E-state index in [4.69, 9.17) is 15.0 Å². The van der Waals surface area contributed by atoms with E-state index in [0.29, 0.717) is 47.9 Å². The van der Waals surface area contributed by atoms with Gasteiger partial charge in [0.1, 0.15) is 29.9 Å². The first kappa shape index (κ1) is 52.5. The number of unbranched alkanes of at least 4 members (excludes halogenated alkanes) is 2. The number of nitrogens with two attached hydrogens (primary N) is 1. The standard InChI is InChI=1S/C56H73BN6O9/c1-8-9-12-34-14-17-36(18-15-34)37-19-21-38(22-20-37)51(67)61-43(13-10-11-26-58)54(70)63(7)49-39-23-25-46(65)42(29-39)41-27-35(16-24-45(41)64)28-44(62-50(66)32(2)59-53(49)69)52(68)60-33(3)57-71-48-31-40-30-47(55(40,4)5)56(48,6)72-57/h14-23,25,27,29,32-33,40,43-45,47-49,64-65H,8-13,24,26,28,30-31,58H2,1-7H3,(H,59,69)(H,60,68)(H,61,67)(H,62,66)/t32-,33-,40-,43-,44-,45?,47-,48+,49-,56-/m0/s1. The summed E-state index contributed by atoms with van der Waals surface area (Å²) in [4.78, 5) is 73.0. The molecule has 3 aromatic carbocycles. The zero-order valence-electron chi connectivity index (χ0n) is 42.8. The molecule has 0 aromatic heterocycles. The van der Waals surface area contributed by atoms with Crippen LogP contribution in [0.3, 0.4) is 0 Å². The van der Waals surface area contributed by atoms with Crippen LogP contribution in [0, 0.1) is 17.3 Å². The molecule has 8 N–H and O–H groups in total. The van der Waals surface area contributed by atoms with E-state index >= 15 is 0 Å². The Morgan fingerprint density at radius 1 is 0.944 bits per heavy atom. The summed E-state index contributed by atoms with van der Waals surface area (Å²) >= 11 is 0. The van der Waals surface area contributed by atoms with Gasteiger partial charge in [0.2, 0.25) is 23.6 Å². The summed E-state index contributed by atoms with van der Waals surface area (Å²) in [7, 11) is 0.740. The number of likely N-dealkylation sites (N-methyl/N-ethyl adjacent to an activating group) is 1. The lowest BCUT2D eigenvalue weighted by molar-refractivity contribution is -0.199. The number of phenols is 1. The van der Waals surface area contributed by atoms with Crippen LogP contribution in [0.2, 0.25) is 0 Å². The molecule has 0 spiro atoms. The Bertz CT molecular complexity index is 2580.